The molecule has 5 rings (SSSR count). The van der Waals surface area contributed by atoms with Crippen molar-refractivity contribution < 1.29 is 4.79 Å². The third kappa shape index (κ3) is 4.77. The lowest BCUT2D eigenvalue weighted by atomic mass is 10.2. The van der Waals surface area contributed by atoms with E-state index in [0.717, 1.165) is 43.0 Å². The Morgan fingerprint density at radius 3 is 2.53 bits per heavy atom. The highest BCUT2D eigenvalue weighted by Crippen LogP contribution is 2.38. The van der Waals surface area contributed by atoms with Crippen molar-refractivity contribution in [1.82, 2.24) is 19.7 Å². The van der Waals surface area contributed by atoms with Crippen molar-refractivity contribution in [3.63, 3.8) is 0 Å². The first kappa shape index (κ1) is 20.2. The van der Waals surface area contributed by atoms with Crippen LogP contribution in [0.25, 0.3) is 0 Å². The van der Waals surface area contributed by atoms with Gasteiger partial charge in [-0.15, -0.1) is 5.10 Å². The maximum atomic E-state index is 12.4. The van der Waals surface area contributed by atoms with E-state index in [0.29, 0.717) is 17.4 Å². The molecule has 32 heavy (non-hydrogen) atoms. The minimum Gasteiger partial charge on any atom is -0.370 e. The monoisotopic (exact) mass is 431 g/mol. The van der Waals surface area contributed by atoms with Crippen molar-refractivity contribution in [2.45, 2.75) is 38.1 Å². The van der Waals surface area contributed by atoms with Gasteiger partial charge in [0.2, 0.25) is 5.91 Å². The molecule has 2 aromatic heterocycles. The Morgan fingerprint density at radius 1 is 1.06 bits per heavy atom. The molecule has 1 aliphatic carbocycles. The molecule has 9 heteroatoms. The molecule has 1 saturated carbocycles. The highest BCUT2D eigenvalue weighted by molar-refractivity contribution is 5.90. The van der Waals surface area contributed by atoms with Gasteiger partial charge in [-0.1, -0.05) is 0 Å². The number of nitrogens with zero attached hydrogens (tertiary/aromatic N) is 5. The molecule has 1 saturated heterocycles. The third-order valence-corrected chi connectivity index (χ3v) is 5.76. The second-order valence-corrected chi connectivity index (χ2v) is 8.30. The number of hydrogen-bond donors (Lipinski definition) is 2. The SMILES string of the molecule is O=C(Cn1cnc(C2CC2)cc1=O)Nc1ccc(Nc2cc(N3CCCC3)cnn2)cc1. The predicted molar refractivity (Wildman–Crippen MR) is 122 cm³/mol. The van der Waals surface area contributed by atoms with E-state index in [1.807, 2.05) is 18.2 Å². The molecule has 0 unspecified atom stereocenters. The van der Waals surface area contributed by atoms with Crippen LogP contribution in [0.3, 0.4) is 0 Å². The summed E-state index contributed by atoms with van der Waals surface area (Å²) in [7, 11) is 0. The van der Waals surface area contributed by atoms with Gasteiger partial charge in [-0.25, -0.2) is 4.98 Å². The van der Waals surface area contributed by atoms with Gasteiger partial charge in [-0.2, -0.15) is 5.10 Å². The second kappa shape index (κ2) is 8.78. The number of rotatable bonds is 7. The van der Waals surface area contributed by atoms with Crippen molar-refractivity contribution in [2.24, 2.45) is 0 Å². The number of carbonyl (C=O) groups is 1. The Kier molecular flexibility index (Phi) is 5.53. The van der Waals surface area contributed by atoms with Crippen LogP contribution in [-0.2, 0) is 11.3 Å². The summed E-state index contributed by atoms with van der Waals surface area (Å²) in [6.07, 6.45) is 7.82. The van der Waals surface area contributed by atoms with Gasteiger partial charge < -0.3 is 15.5 Å². The highest BCUT2D eigenvalue weighted by atomic mass is 16.2. The average molecular weight is 432 g/mol. The van der Waals surface area contributed by atoms with Crippen LogP contribution >= 0.6 is 0 Å². The molecule has 2 fully saturated rings. The zero-order chi connectivity index (χ0) is 21.9. The molecule has 9 nitrogen and oxygen atoms in total. The van der Waals surface area contributed by atoms with Crippen LogP contribution in [0.2, 0.25) is 0 Å². The Labute approximate surface area is 185 Å². The summed E-state index contributed by atoms with van der Waals surface area (Å²) in [5.74, 6) is 0.803. The molecule has 0 spiro atoms. The van der Waals surface area contributed by atoms with Crippen molar-refractivity contribution in [3.05, 3.63) is 65.0 Å². The third-order valence-electron chi connectivity index (χ3n) is 5.76. The van der Waals surface area contributed by atoms with Crippen LogP contribution in [0.1, 0.15) is 37.3 Å². The van der Waals surface area contributed by atoms with E-state index in [1.54, 1.807) is 18.3 Å². The molecule has 1 aromatic carbocycles. The van der Waals surface area contributed by atoms with E-state index in [2.05, 4.69) is 30.7 Å². The van der Waals surface area contributed by atoms with Gasteiger partial charge in [-0.3, -0.25) is 14.2 Å². The topological polar surface area (TPSA) is 105 Å². The van der Waals surface area contributed by atoms with Gasteiger partial charge in [0.25, 0.3) is 5.56 Å². The summed E-state index contributed by atoms with van der Waals surface area (Å²) in [5.41, 5.74) is 3.18. The number of anilines is 4. The number of nitrogens with one attached hydrogen (secondary N) is 2. The van der Waals surface area contributed by atoms with E-state index in [1.165, 1.54) is 29.8 Å². The first-order valence-corrected chi connectivity index (χ1v) is 10.9. The van der Waals surface area contributed by atoms with Crippen LogP contribution in [0.5, 0.6) is 0 Å². The summed E-state index contributed by atoms with van der Waals surface area (Å²) in [5, 5.41) is 14.3. The Balaban J connectivity index is 1.18. The van der Waals surface area contributed by atoms with Crippen molar-refractivity contribution >= 4 is 28.8 Å². The zero-order valence-electron chi connectivity index (χ0n) is 17.7. The van der Waals surface area contributed by atoms with Crippen LogP contribution in [-0.4, -0.2) is 38.7 Å². The van der Waals surface area contributed by atoms with Crippen LogP contribution in [0.4, 0.5) is 22.9 Å². The molecule has 1 amide bonds. The van der Waals surface area contributed by atoms with Gasteiger partial charge in [0.05, 0.1) is 23.9 Å². The first-order valence-electron chi connectivity index (χ1n) is 10.9. The summed E-state index contributed by atoms with van der Waals surface area (Å²) < 4.78 is 1.32. The minimum atomic E-state index is -0.280. The van der Waals surface area contributed by atoms with E-state index >= 15 is 0 Å². The lowest BCUT2D eigenvalue weighted by Crippen LogP contribution is -2.27. The predicted octanol–water partition coefficient (Wildman–Crippen LogP) is 2.89. The molecule has 0 radical (unpaired) electrons. The summed E-state index contributed by atoms with van der Waals surface area (Å²) in [6, 6.07) is 10.8. The number of benzene rings is 1. The average Bonchev–Trinajstić information content (AvgIpc) is 3.50. The maximum Gasteiger partial charge on any atom is 0.254 e. The number of amides is 1. The van der Waals surface area contributed by atoms with Gasteiger partial charge in [0.1, 0.15) is 6.54 Å². The van der Waals surface area contributed by atoms with Crippen LogP contribution in [0, 0.1) is 0 Å². The van der Waals surface area contributed by atoms with Gasteiger partial charge in [0.15, 0.2) is 5.82 Å². The van der Waals surface area contributed by atoms with Gasteiger partial charge in [0, 0.05) is 42.5 Å². The normalized spacial score (nSPS) is 15.6. The molecule has 3 heterocycles. The fourth-order valence-corrected chi connectivity index (χ4v) is 3.87. The Morgan fingerprint density at radius 2 is 1.81 bits per heavy atom. The summed E-state index contributed by atoms with van der Waals surface area (Å²) >= 11 is 0. The van der Waals surface area contributed by atoms with Crippen molar-refractivity contribution in [3.8, 4) is 0 Å². The Bertz CT molecular complexity index is 1170. The Hall–Kier alpha value is -3.75. The quantitative estimate of drug-likeness (QED) is 0.593. The molecule has 0 atom stereocenters. The molecule has 0 bridgehead atoms. The van der Waals surface area contributed by atoms with E-state index < -0.39 is 0 Å². The molecular weight excluding hydrogens is 406 g/mol. The smallest absolute Gasteiger partial charge is 0.254 e. The standard InChI is InChI=1S/C23H25N7O2/c31-22(14-30-15-24-20(12-23(30)32)16-3-4-16)27-18-7-5-17(6-8-18)26-21-11-19(13-25-28-21)29-9-1-2-10-29/h5-8,11-13,15-16H,1-4,9-10,14H2,(H,26,28)(H,27,31). The zero-order valence-corrected chi connectivity index (χ0v) is 17.7. The molecular formula is C23H25N7O2. The highest BCUT2D eigenvalue weighted by Gasteiger charge is 2.25. The first-order chi connectivity index (χ1) is 15.6. The minimum absolute atomic E-state index is 0.0737. The summed E-state index contributed by atoms with van der Waals surface area (Å²) in [4.78, 5) is 31.2. The maximum absolute atomic E-state index is 12.4. The lowest BCUT2D eigenvalue weighted by molar-refractivity contribution is -0.116. The van der Waals surface area contributed by atoms with Crippen molar-refractivity contribution in [1.29, 1.82) is 0 Å². The summed E-state index contributed by atoms with van der Waals surface area (Å²) in [6.45, 7) is 2.02. The van der Waals surface area contributed by atoms with Crippen LogP contribution in [0.15, 0.2) is 53.7 Å². The molecule has 1 aliphatic heterocycles. The van der Waals surface area contributed by atoms with E-state index in [9.17, 15) is 9.59 Å². The molecule has 2 aliphatic rings. The van der Waals surface area contributed by atoms with Gasteiger partial charge >= 0.3 is 0 Å². The number of carbonyl (C=O) groups excluding carboxylic acids is 1. The van der Waals surface area contributed by atoms with Crippen molar-refractivity contribution in [2.75, 3.05) is 28.6 Å². The van der Waals surface area contributed by atoms with Crippen LogP contribution < -0.4 is 21.1 Å². The van der Waals surface area contributed by atoms with E-state index in [-0.39, 0.29) is 18.0 Å². The number of hydrogen-bond acceptors (Lipinski definition) is 7. The largest absolute Gasteiger partial charge is 0.370 e. The fraction of sp³-hybridized carbons (Fsp3) is 0.348. The van der Waals surface area contributed by atoms with E-state index in [4.69, 9.17) is 0 Å². The number of aromatic nitrogens is 4. The fourth-order valence-electron chi connectivity index (χ4n) is 3.87. The second-order valence-electron chi connectivity index (χ2n) is 8.30. The van der Waals surface area contributed by atoms with Gasteiger partial charge in [-0.05, 0) is 49.9 Å². The molecule has 164 valence electrons. The lowest BCUT2D eigenvalue weighted by Gasteiger charge is -2.17. The molecule has 2 N–H and O–H groups in total. The molecule has 3 aromatic rings.